The van der Waals surface area contributed by atoms with E-state index in [4.69, 9.17) is 0 Å². The Kier molecular flexibility index (Phi) is 2.49. The Hall–Kier alpha value is -0.860. The summed E-state index contributed by atoms with van der Waals surface area (Å²) < 4.78 is 1.23. The Morgan fingerprint density at radius 3 is 2.88 bits per heavy atom. The van der Waals surface area contributed by atoms with Crippen LogP contribution in [0.1, 0.15) is 16.0 Å². The first-order valence-electron chi connectivity index (χ1n) is 5.30. The van der Waals surface area contributed by atoms with Crippen LogP contribution in [0.4, 0.5) is 0 Å². The molecule has 1 aliphatic rings. The lowest BCUT2D eigenvalue weighted by atomic mass is 10.1. The Morgan fingerprint density at radius 2 is 2.12 bits per heavy atom. The predicted octanol–water partition coefficient (Wildman–Crippen LogP) is 5.06. The highest BCUT2D eigenvalue weighted by atomic mass is 79.9. The first kappa shape index (κ1) is 10.3. The summed E-state index contributed by atoms with van der Waals surface area (Å²) in [5.74, 6) is 0. The van der Waals surface area contributed by atoms with Crippen molar-refractivity contribution in [1.29, 1.82) is 0 Å². The zero-order valence-electron chi connectivity index (χ0n) is 8.96. The lowest BCUT2D eigenvalue weighted by Gasteiger charge is -2.06. The fourth-order valence-electron chi connectivity index (χ4n) is 2.06. The minimum absolute atomic E-state index is 1.06. The molecule has 0 fully saturated rings. The molecule has 0 bridgehead atoms. The van der Waals surface area contributed by atoms with Crippen molar-refractivity contribution >= 4 is 33.3 Å². The number of thiophene rings is 1. The van der Waals surface area contributed by atoms with Crippen molar-refractivity contribution in [2.75, 3.05) is 0 Å². The molecule has 0 unspecified atom stereocenters. The van der Waals surface area contributed by atoms with E-state index in [0.29, 0.717) is 0 Å². The molecular formula is C14H11BrS. The van der Waals surface area contributed by atoms with Crippen molar-refractivity contribution in [3.63, 3.8) is 0 Å². The highest BCUT2D eigenvalue weighted by Gasteiger charge is 2.12. The molecule has 16 heavy (non-hydrogen) atoms. The first-order valence-corrected chi connectivity index (χ1v) is 6.91. The minimum Gasteiger partial charge on any atom is -0.141 e. The van der Waals surface area contributed by atoms with Crippen molar-refractivity contribution in [2.45, 2.75) is 13.3 Å². The Bertz CT molecular complexity index is 578. The van der Waals surface area contributed by atoms with Crippen LogP contribution in [0.2, 0.25) is 0 Å². The van der Waals surface area contributed by atoms with E-state index in [1.165, 1.54) is 30.9 Å². The van der Waals surface area contributed by atoms with E-state index < -0.39 is 0 Å². The molecule has 0 saturated heterocycles. The van der Waals surface area contributed by atoms with Crippen LogP contribution in [-0.4, -0.2) is 0 Å². The molecule has 1 aliphatic carbocycles. The van der Waals surface area contributed by atoms with E-state index in [0.717, 1.165) is 6.42 Å². The van der Waals surface area contributed by atoms with Crippen molar-refractivity contribution < 1.29 is 0 Å². The van der Waals surface area contributed by atoms with Gasteiger partial charge in [-0.1, -0.05) is 28.1 Å². The molecule has 1 heterocycles. The molecule has 0 N–H and O–H groups in total. The van der Waals surface area contributed by atoms with Gasteiger partial charge in [-0.15, -0.1) is 11.3 Å². The van der Waals surface area contributed by atoms with Gasteiger partial charge in [-0.25, -0.2) is 0 Å². The second-order valence-corrected chi connectivity index (χ2v) is 6.18. The van der Waals surface area contributed by atoms with Gasteiger partial charge in [0.2, 0.25) is 0 Å². The summed E-state index contributed by atoms with van der Waals surface area (Å²) in [6.07, 6.45) is 5.49. The Labute approximate surface area is 108 Å². The summed E-state index contributed by atoms with van der Waals surface area (Å²) in [6.45, 7) is 2.15. The fraction of sp³-hybridized carbons (Fsp3) is 0.143. The maximum absolute atomic E-state index is 3.67. The minimum atomic E-state index is 1.06. The van der Waals surface area contributed by atoms with Gasteiger partial charge < -0.3 is 0 Å². The van der Waals surface area contributed by atoms with Crippen LogP contribution < -0.4 is 0 Å². The summed E-state index contributed by atoms with van der Waals surface area (Å²) in [5, 5.41) is 0. The molecule has 0 saturated carbocycles. The van der Waals surface area contributed by atoms with Crippen molar-refractivity contribution in [1.82, 2.24) is 0 Å². The molecule has 1 aromatic heterocycles. The summed E-state index contributed by atoms with van der Waals surface area (Å²) in [4.78, 5) is 2.71. The Balaban J connectivity index is 2.16. The van der Waals surface area contributed by atoms with Gasteiger partial charge in [-0.05, 0) is 54.3 Å². The van der Waals surface area contributed by atoms with Gasteiger partial charge in [-0.2, -0.15) is 0 Å². The second kappa shape index (κ2) is 3.86. The van der Waals surface area contributed by atoms with Crippen LogP contribution >= 0.6 is 27.3 Å². The van der Waals surface area contributed by atoms with Crippen LogP contribution in [0.25, 0.3) is 16.5 Å². The normalized spacial score (nSPS) is 13.1. The third-order valence-electron chi connectivity index (χ3n) is 2.87. The van der Waals surface area contributed by atoms with Gasteiger partial charge in [0.15, 0.2) is 0 Å². The average Bonchev–Trinajstić information content (AvgIpc) is 2.85. The highest BCUT2D eigenvalue weighted by molar-refractivity contribution is 9.10. The van der Waals surface area contributed by atoms with E-state index in [2.05, 4.69) is 59.3 Å². The summed E-state index contributed by atoms with van der Waals surface area (Å²) in [6, 6.07) is 8.90. The van der Waals surface area contributed by atoms with Gasteiger partial charge in [0.25, 0.3) is 0 Å². The highest BCUT2D eigenvalue weighted by Crippen LogP contribution is 2.35. The van der Waals surface area contributed by atoms with E-state index in [1.807, 2.05) is 11.3 Å². The molecule has 80 valence electrons. The van der Waals surface area contributed by atoms with E-state index in [1.54, 1.807) is 0 Å². The van der Waals surface area contributed by atoms with Gasteiger partial charge >= 0.3 is 0 Å². The standard InChI is InChI=1S/C14H11BrS/c1-9-5-6-14(16-9)11-7-10-3-2-4-12(10)13(15)8-11/h2-3,5-8H,4H2,1H3. The maximum Gasteiger partial charge on any atom is 0.0346 e. The number of aryl methyl sites for hydroxylation is 1. The van der Waals surface area contributed by atoms with Crippen molar-refractivity contribution in [2.24, 2.45) is 0 Å². The number of fused-ring (bicyclic) bond motifs is 1. The molecular weight excluding hydrogens is 280 g/mol. The predicted molar refractivity (Wildman–Crippen MR) is 74.9 cm³/mol. The van der Waals surface area contributed by atoms with Crippen LogP contribution in [0.3, 0.4) is 0 Å². The molecule has 2 heteroatoms. The molecule has 0 nitrogen and oxygen atoms in total. The monoisotopic (exact) mass is 290 g/mol. The zero-order valence-corrected chi connectivity index (χ0v) is 11.4. The van der Waals surface area contributed by atoms with Crippen LogP contribution in [0.15, 0.2) is 34.8 Å². The number of allylic oxidation sites excluding steroid dienone is 1. The molecule has 2 aromatic rings. The van der Waals surface area contributed by atoms with E-state index in [9.17, 15) is 0 Å². The number of hydrogen-bond acceptors (Lipinski definition) is 1. The summed E-state index contributed by atoms with van der Waals surface area (Å²) >= 11 is 5.52. The van der Waals surface area contributed by atoms with Crippen LogP contribution in [-0.2, 0) is 6.42 Å². The van der Waals surface area contributed by atoms with Crippen LogP contribution in [0.5, 0.6) is 0 Å². The molecule has 0 amide bonds. The molecule has 0 aliphatic heterocycles. The quantitative estimate of drug-likeness (QED) is 0.689. The third-order valence-corrected chi connectivity index (χ3v) is 4.63. The van der Waals surface area contributed by atoms with Crippen molar-refractivity contribution in [3.05, 3.63) is 50.8 Å². The number of benzene rings is 1. The molecule has 0 spiro atoms. The molecule has 0 radical (unpaired) electrons. The summed E-state index contributed by atoms with van der Waals surface area (Å²) in [7, 11) is 0. The van der Waals surface area contributed by atoms with Gasteiger partial charge in [0.1, 0.15) is 0 Å². The van der Waals surface area contributed by atoms with Crippen molar-refractivity contribution in [3.8, 4) is 10.4 Å². The first-order chi connectivity index (χ1) is 7.74. The summed E-state index contributed by atoms with van der Waals surface area (Å²) in [5.41, 5.74) is 4.09. The SMILES string of the molecule is Cc1ccc(-c2cc(Br)c3c(c2)C=CC3)s1. The fourth-order valence-corrected chi connectivity index (χ4v) is 3.55. The van der Waals surface area contributed by atoms with E-state index in [-0.39, 0.29) is 0 Å². The smallest absolute Gasteiger partial charge is 0.0346 e. The average molecular weight is 291 g/mol. The second-order valence-electron chi connectivity index (χ2n) is 4.04. The largest absolute Gasteiger partial charge is 0.141 e. The van der Waals surface area contributed by atoms with Gasteiger partial charge in [0, 0.05) is 14.2 Å². The van der Waals surface area contributed by atoms with Gasteiger partial charge in [-0.3, -0.25) is 0 Å². The number of hydrogen-bond donors (Lipinski definition) is 0. The Morgan fingerprint density at radius 1 is 1.25 bits per heavy atom. The topological polar surface area (TPSA) is 0 Å². The van der Waals surface area contributed by atoms with E-state index >= 15 is 0 Å². The maximum atomic E-state index is 3.67. The third kappa shape index (κ3) is 1.66. The number of rotatable bonds is 1. The van der Waals surface area contributed by atoms with Gasteiger partial charge in [0.05, 0.1) is 0 Å². The van der Waals surface area contributed by atoms with Crippen LogP contribution in [0, 0.1) is 6.92 Å². The lowest BCUT2D eigenvalue weighted by Crippen LogP contribution is -1.85. The number of halogens is 1. The lowest BCUT2D eigenvalue weighted by molar-refractivity contribution is 1.29. The molecule has 0 atom stereocenters. The molecule has 1 aromatic carbocycles. The zero-order chi connectivity index (χ0) is 11.1. The molecule has 3 rings (SSSR count).